The summed E-state index contributed by atoms with van der Waals surface area (Å²) in [4.78, 5) is 23.0. The van der Waals surface area contributed by atoms with Crippen molar-refractivity contribution in [1.82, 2.24) is 10.2 Å². The number of nitrogens with one attached hydrogen (secondary N) is 2. The molecule has 0 aliphatic carbocycles. The summed E-state index contributed by atoms with van der Waals surface area (Å²) >= 11 is 0. The molecular formula is C15H19N3O3. The first kappa shape index (κ1) is 15.0. The van der Waals surface area contributed by atoms with Gasteiger partial charge in [0.05, 0.1) is 18.1 Å². The standard InChI is InChI=1S/C15H19N3O3/c1-3-15(2,8-14(20)21)7-13(19)17-11-4-5-12-10(6-11)9-16-18-12/h4-6,9H,3,7-8H2,1-2H3,(H,16,18)(H,17,19)(H,20,21). The van der Waals surface area contributed by atoms with Gasteiger partial charge in [0.1, 0.15) is 0 Å². The Morgan fingerprint density at radius 1 is 1.38 bits per heavy atom. The van der Waals surface area contributed by atoms with Crippen LogP contribution < -0.4 is 5.32 Å². The third-order valence-corrected chi connectivity index (χ3v) is 3.74. The first-order valence-electron chi connectivity index (χ1n) is 6.87. The van der Waals surface area contributed by atoms with Crippen LogP contribution in [0.4, 0.5) is 5.69 Å². The second kappa shape index (κ2) is 5.95. The number of aromatic nitrogens is 2. The van der Waals surface area contributed by atoms with Crippen molar-refractivity contribution in [3.63, 3.8) is 0 Å². The van der Waals surface area contributed by atoms with E-state index in [0.717, 1.165) is 10.9 Å². The van der Waals surface area contributed by atoms with Crippen LogP contribution in [0.15, 0.2) is 24.4 Å². The lowest BCUT2D eigenvalue weighted by Crippen LogP contribution is -2.27. The number of hydrogen-bond acceptors (Lipinski definition) is 3. The van der Waals surface area contributed by atoms with Crippen molar-refractivity contribution in [2.24, 2.45) is 5.41 Å². The van der Waals surface area contributed by atoms with Crippen LogP contribution in [0.25, 0.3) is 10.9 Å². The molecule has 6 nitrogen and oxygen atoms in total. The van der Waals surface area contributed by atoms with E-state index in [4.69, 9.17) is 5.11 Å². The Hall–Kier alpha value is -2.37. The molecular weight excluding hydrogens is 270 g/mol. The lowest BCUT2D eigenvalue weighted by molar-refractivity contribution is -0.140. The van der Waals surface area contributed by atoms with Crippen molar-refractivity contribution in [1.29, 1.82) is 0 Å². The Balaban J connectivity index is 2.04. The highest BCUT2D eigenvalue weighted by Crippen LogP contribution is 2.30. The first-order chi connectivity index (χ1) is 9.92. The SMILES string of the molecule is CCC(C)(CC(=O)O)CC(=O)Nc1ccc2[nH]ncc2c1. The van der Waals surface area contributed by atoms with Crippen molar-refractivity contribution < 1.29 is 14.7 Å². The molecule has 0 aliphatic rings. The number of carbonyl (C=O) groups is 2. The molecule has 0 saturated heterocycles. The van der Waals surface area contributed by atoms with Gasteiger partial charge in [-0.05, 0) is 30.0 Å². The Morgan fingerprint density at radius 3 is 2.81 bits per heavy atom. The van der Waals surface area contributed by atoms with E-state index in [2.05, 4.69) is 15.5 Å². The third-order valence-electron chi connectivity index (χ3n) is 3.74. The van der Waals surface area contributed by atoms with Crippen molar-refractivity contribution in [3.8, 4) is 0 Å². The number of anilines is 1. The molecule has 2 rings (SSSR count). The van der Waals surface area contributed by atoms with Crippen molar-refractivity contribution in [2.75, 3.05) is 5.32 Å². The van der Waals surface area contributed by atoms with Gasteiger partial charge in [0.15, 0.2) is 0 Å². The molecule has 1 amide bonds. The molecule has 0 aliphatic heterocycles. The fourth-order valence-corrected chi connectivity index (χ4v) is 2.29. The first-order valence-corrected chi connectivity index (χ1v) is 6.87. The van der Waals surface area contributed by atoms with E-state index in [9.17, 15) is 9.59 Å². The van der Waals surface area contributed by atoms with Crippen LogP contribution in [0.1, 0.15) is 33.1 Å². The van der Waals surface area contributed by atoms with Crippen LogP contribution in [0.2, 0.25) is 0 Å². The number of carboxylic acids is 1. The molecule has 0 saturated carbocycles. The maximum atomic E-state index is 12.1. The Labute approximate surface area is 122 Å². The quantitative estimate of drug-likeness (QED) is 0.762. The minimum atomic E-state index is -0.882. The maximum absolute atomic E-state index is 12.1. The summed E-state index contributed by atoms with van der Waals surface area (Å²) in [6.07, 6.45) is 2.48. The fourth-order valence-electron chi connectivity index (χ4n) is 2.29. The molecule has 1 aromatic carbocycles. The van der Waals surface area contributed by atoms with Crippen molar-refractivity contribution in [2.45, 2.75) is 33.1 Å². The monoisotopic (exact) mass is 289 g/mol. The molecule has 0 radical (unpaired) electrons. The van der Waals surface area contributed by atoms with Gasteiger partial charge in [-0.25, -0.2) is 0 Å². The average molecular weight is 289 g/mol. The maximum Gasteiger partial charge on any atom is 0.303 e. The zero-order valence-corrected chi connectivity index (χ0v) is 12.1. The molecule has 0 fully saturated rings. The van der Waals surface area contributed by atoms with Crippen LogP contribution in [0.5, 0.6) is 0 Å². The normalized spacial score (nSPS) is 13.8. The summed E-state index contributed by atoms with van der Waals surface area (Å²) in [6, 6.07) is 5.46. The molecule has 2 aromatic rings. The Bertz CT molecular complexity index is 665. The number of aliphatic carboxylic acids is 1. The predicted molar refractivity (Wildman–Crippen MR) is 80.0 cm³/mol. The molecule has 21 heavy (non-hydrogen) atoms. The highest BCUT2D eigenvalue weighted by atomic mass is 16.4. The number of hydrogen-bond donors (Lipinski definition) is 3. The molecule has 6 heteroatoms. The number of nitrogens with zero attached hydrogens (tertiary/aromatic N) is 1. The van der Waals surface area contributed by atoms with E-state index in [-0.39, 0.29) is 18.7 Å². The average Bonchev–Trinajstić information content (AvgIpc) is 2.84. The molecule has 1 unspecified atom stereocenters. The van der Waals surface area contributed by atoms with Gasteiger partial charge in [0.2, 0.25) is 5.91 Å². The number of carboxylic acid groups (broad SMARTS) is 1. The van der Waals surface area contributed by atoms with Gasteiger partial charge in [0.25, 0.3) is 0 Å². The highest BCUT2D eigenvalue weighted by molar-refractivity contribution is 5.94. The molecule has 1 aromatic heterocycles. The molecule has 0 bridgehead atoms. The Kier molecular flexibility index (Phi) is 4.26. The van der Waals surface area contributed by atoms with Crippen LogP contribution in [0, 0.1) is 5.41 Å². The van der Waals surface area contributed by atoms with E-state index >= 15 is 0 Å². The van der Waals surface area contributed by atoms with Crippen LogP contribution >= 0.6 is 0 Å². The molecule has 3 N–H and O–H groups in total. The second-order valence-electron chi connectivity index (χ2n) is 5.63. The van der Waals surface area contributed by atoms with E-state index in [1.807, 2.05) is 26.0 Å². The van der Waals surface area contributed by atoms with E-state index in [0.29, 0.717) is 12.1 Å². The van der Waals surface area contributed by atoms with Crippen LogP contribution in [-0.2, 0) is 9.59 Å². The summed E-state index contributed by atoms with van der Waals surface area (Å²) < 4.78 is 0. The van der Waals surface area contributed by atoms with E-state index in [1.54, 1.807) is 12.3 Å². The molecule has 1 heterocycles. The zero-order chi connectivity index (χ0) is 15.5. The molecule has 1 atom stereocenters. The summed E-state index contributed by atoms with van der Waals surface area (Å²) in [5.41, 5.74) is 1.05. The number of H-pyrrole nitrogens is 1. The fraction of sp³-hybridized carbons (Fsp3) is 0.400. The van der Waals surface area contributed by atoms with E-state index < -0.39 is 11.4 Å². The van der Waals surface area contributed by atoms with Crippen molar-refractivity contribution in [3.05, 3.63) is 24.4 Å². The predicted octanol–water partition coefficient (Wildman–Crippen LogP) is 2.78. The zero-order valence-electron chi connectivity index (χ0n) is 12.1. The summed E-state index contributed by atoms with van der Waals surface area (Å²) in [5, 5.41) is 19.4. The van der Waals surface area contributed by atoms with Gasteiger partial charge in [0, 0.05) is 17.5 Å². The van der Waals surface area contributed by atoms with Gasteiger partial charge >= 0.3 is 5.97 Å². The number of benzene rings is 1. The largest absolute Gasteiger partial charge is 0.481 e. The molecule has 112 valence electrons. The highest BCUT2D eigenvalue weighted by Gasteiger charge is 2.28. The summed E-state index contributed by atoms with van der Waals surface area (Å²) in [5.74, 6) is -1.06. The molecule has 0 spiro atoms. The van der Waals surface area contributed by atoms with Crippen molar-refractivity contribution >= 4 is 28.5 Å². The summed E-state index contributed by atoms with van der Waals surface area (Å²) in [7, 11) is 0. The third kappa shape index (κ3) is 3.81. The lowest BCUT2D eigenvalue weighted by atomic mass is 9.80. The second-order valence-corrected chi connectivity index (χ2v) is 5.63. The minimum absolute atomic E-state index is 0.0162. The van der Waals surface area contributed by atoms with Crippen LogP contribution in [0.3, 0.4) is 0 Å². The number of aromatic amines is 1. The van der Waals surface area contributed by atoms with Gasteiger partial charge < -0.3 is 10.4 Å². The summed E-state index contributed by atoms with van der Waals surface area (Å²) in [6.45, 7) is 3.72. The minimum Gasteiger partial charge on any atom is -0.481 e. The number of rotatable bonds is 6. The number of amides is 1. The van der Waals surface area contributed by atoms with Gasteiger partial charge in [-0.3, -0.25) is 14.7 Å². The van der Waals surface area contributed by atoms with Gasteiger partial charge in [-0.1, -0.05) is 13.8 Å². The van der Waals surface area contributed by atoms with Crippen LogP contribution in [-0.4, -0.2) is 27.2 Å². The van der Waals surface area contributed by atoms with Gasteiger partial charge in [-0.15, -0.1) is 0 Å². The Morgan fingerprint density at radius 2 is 2.14 bits per heavy atom. The number of fused-ring (bicyclic) bond motifs is 1. The smallest absolute Gasteiger partial charge is 0.303 e. The van der Waals surface area contributed by atoms with Gasteiger partial charge in [-0.2, -0.15) is 5.10 Å². The number of carbonyl (C=O) groups excluding carboxylic acids is 1. The lowest BCUT2D eigenvalue weighted by Gasteiger charge is -2.25. The topological polar surface area (TPSA) is 95.1 Å². The van der Waals surface area contributed by atoms with E-state index in [1.165, 1.54) is 0 Å².